The number of methoxy groups -OCH3 is 1. The van der Waals surface area contributed by atoms with Gasteiger partial charge in [-0.15, -0.1) is 34.9 Å². The van der Waals surface area contributed by atoms with Crippen molar-refractivity contribution in [1.29, 1.82) is 0 Å². The molecule has 2 aliphatic rings. The lowest BCUT2D eigenvalue weighted by atomic mass is 9.77. The normalized spacial score (nSPS) is 14.8. The monoisotopic (exact) mass is 1260 g/mol. The van der Waals surface area contributed by atoms with Crippen LogP contribution in [-0.4, -0.2) is 73.7 Å². The van der Waals surface area contributed by atoms with E-state index >= 15 is 0 Å². The number of hydrogen-bond donors (Lipinski definition) is 3. The Morgan fingerprint density at radius 3 is 2.02 bits per heavy atom. The predicted molar refractivity (Wildman–Crippen MR) is 343 cm³/mol. The van der Waals surface area contributed by atoms with Gasteiger partial charge in [-0.25, -0.2) is 14.3 Å². The number of aliphatic carboxylic acids is 1. The van der Waals surface area contributed by atoms with Crippen molar-refractivity contribution in [1.82, 2.24) is 20.4 Å². The fraction of sp³-hybridized carbons (Fsp3) is 0.159. The number of fused-ring (bicyclic) bond motifs is 1. The molecule has 4 aromatic heterocycles. The zero-order valence-corrected chi connectivity index (χ0v) is 51.1. The van der Waals surface area contributed by atoms with Crippen LogP contribution in [0.3, 0.4) is 0 Å². The Hall–Kier alpha value is -10.2. The first-order chi connectivity index (χ1) is 44.1. The molecular weight excluding hydrogens is 1200 g/mol. The molecule has 10 aromatic rings. The number of benzene rings is 6. The quantitative estimate of drug-likeness (QED) is 0.00922. The number of ether oxygens (including phenoxy) is 3. The number of oxime groups is 1. The summed E-state index contributed by atoms with van der Waals surface area (Å²) in [7, 11) is 1.59. The van der Waals surface area contributed by atoms with Crippen LogP contribution in [0.5, 0.6) is 17.2 Å². The van der Waals surface area contributed by atoms with E-state index in [1.165, 1.54) is 52.0 Å². The molecule has 2 aliphatic heterocycles. The third-order valence-electron chi connectivity index (χ3n) is 15.2. The first-order valence-electron chi connectivity index (χ1n) is 28.8. The van der Waals surface area contributed by atoms with Gasteiger partial charge < -0.3 is 44.5 Å². The lowest BCUT2D eigenvalue weighted by molar-refractivity contribution is -0.693. The summed E-state index contributed by atoms with van der Waals surface area (Å²) in [6.07, 6.45) is 4.59. The molecule has 1 fully saturated rings. The van der Waals surface area contributed by atoms with Gasteiger partial charge in [-0.3, -0.25) is 14.5 Å². The number of thiazole rings is 1. The van der Waals surface area contributed by atoms with Crippen LogP contribution in [0.15, 0.2) is 250 Å². The summed E-state index contributed by atoms with van der Waals surface area (Å²) in [5.74, 6) is -0.729. The Kier molecular flexibility index (Phi) is 18.3. The summed E-state index contributed by atoms with van der Waals surface area (Å²) in [5.41, 5.74) is 4.83. The number of hydrogen-bond acceptors (Lipinski definition) is 16. The van der Waals surface area contributed by atoms with Crippen LogP contribution < -0.4 is 34.1 Å². The van der Waals surface area contributed by atoms with Gasteiger partial charge in [0.1, 0.15) is 53.4 Å². The summed E-state index contributed by atoms with van der Waals surface area (Å²) in [6.45, 7) is 2.59. The zero-order chi connectivity index (χ0) is 62.0. The van der Waals surface area contributed by atoms with Crippen molar-refractivity contribution in [2.24, 2.45) is 5.16 Å². The molecule has 3 N–H and O–H groups in total. The van der Waals surface area contributed by atoms with Crippen molar-refractivity contribution >= 4 is 63.5 Å². The van der Waals surface area contributed by atoms with Crippen molar-refractivity contribution in [3.63, 3.8) is 0 Å². The van der Waals surface area contributed by atoms with Crippen LogP contribution in [-0.2, 0) is 44.5 Å². The predicted octanol–water partition coefficient (Wildman–Crippen LogP) is 11.4. The second-order valence-electron chi connectivity index (χ2n) is 20.8. The fourth-order valence-corrected chi connectivity index (χ4v) is 13.8. The van der Waals surface area contributed by atoms with E-state index in [1.807, 2.05) is 212 Å². The number of carbonyl (C=O) groups excluding carboxylic acids is 2. The number of carboxylic acids is 1. The number of carbonyl (C=O) groups is 3. The van der Waals surface area contributed by atoms with E-state index in [0.717, 1.165) is 44.8 Å². The van der Waals surface area contributed by atoms with Crippen molar-refractivity contribution in [3.8, 4) is 28.6 Å². The van der Waals surface area contributed by atoms with Gasteiger partial charge in [0, 0.05) is 40.0 Å². The Balaban J connectivity index is 0.844. The smallest absolute Gasteiger partial charge is 0.352 e. The summed E-state index contributed by atoms with van der Waals surface area (Å²) < 4.78 is 26.9. The number of amides is 2. The summed E-state index contributed by atoms with van der Waals surface area (Å²) >= 11 is 4.08. The van der Waals surface area contributed by atoms with Gasteiger partial charge in [0.05, 0.1) is 13.2 Å². The molecule has 0 aliphatic carbocycles. The third kappa shape index (κ3) is 13.0. The van der Waals surface area contributed by atoms with Crippen molar-refractivity contribution in [3.05, 3.63) is 285 Å². The van der Waals surface area contributed by atoms with E-state index in [1.54, 1.807) is 18.6 Å². The van der Waals surface area contributed by atoms with Crippen molar-refractivity contribution < 1.29 is 52.4 Å². The molecular formula is C69H59N8O10S3+. The average molecular weight is 1260 g/mol. The van der Waals surface area contributed by atoms with Crippen LogP contribution in [0.25, 0.3) is 11.4 Å². The van der Waals surface area contributed by atoms with E-state index in [-0.39, 0.29) is 59.0 Å². The minimum Gasteiger partial charge on any atom is -0.618 e. The van der Waals surface area contributed by atoms with Crippen molar-refractivity contribution in [2.45, 2.75) is 54.6 Å². The Bertz CT molecular complexity index is 4060. The molecule has 0 spiro atoms. The molecule has 0 saturated carbocycles. The lowest BCUT2D eigenvalue weighted by Crippen LogP contribution is -2.71. The van der Waals surface area contributed by atoms with Crippen molar-refractivity contribution in [2.75, 3.05) is 23.9 Å². The number of β-lactam (4-membered cyclic amide) rings is 1. The van der Waals surface area contributed by atoms with E-state index in [0.29, 0.717) is 32.7 Å². The van der Waals surface area contributed by atoms with Gasteiger partial charge in [0.15, 0.2) is 47.0 Å². The van der Waals surface area contributed by atoms with Crippen LogP contribution in [0, 0.1) is 5.21 Å². The Morgan fingerprint density at radius 1 is 0.822 bits per heavy atom. The number of aromatic nitrogens is 4. The fourth-order valence-electron chi connectivity index (χ4n) is 10.7. The maximum atomic E-state index is 14.9. The second kappa shape index (κ2) is 27.4. The second-order valence-corrected chi connectivity index (χ2v) is 23.9. The van der Waals surface area contributed by atoms with Gasteiger partial charge >= 0.3 is 5.97 Å². The number of nitrogens with one attached hydrogen (secondary N) is 2. The number of aryl methyl sites for hydroxylation is 1. The van der Waals surface area contributed by atoms with Gasteiger partial charge in [-0.1, -0.05) is 174 Å². The zero-order valence-electron chi connectivity index (χ0n) is 48.7. The molecule has 452 valence electrons. The highest BCUT2D eigenvalue weighted by molar-refractivity contribution is 8.01. The van der Waals surface area contributed by atoms with E-state index < -0.39 is 40.8 Å². The molecule has 1 saturated heterocycles. The highest BCUT2D eigenvalue weighted by atomic mass is 32.2. The lowest BCUT2D eigenvalue weighted by Gasteiger charge is -2.49. The van der Waals surface area contributed by atoms with Gasteiger partial charge in [-0.05, 0) is 58.0 Å². The standard InChI is InChI=1S/C69H58N8O10S3/c1-3-75-35-33-54(34-36-75)88-42-48-43-89-66-61(65(79)77(66)62(48)67(80)81)71-64(78)60(56-44-90-68(70-56)72-69(49-23-13-6-14-24-49,50-25-15-7-16-26-50)51-27-17-8-18-28-51)74-85-41-53-37-55(73-87-53)57-38-58(59(39-76(57)82)84-40-45-29-31-52(83-2)32-30-45)86-63(46-19-9-4-10-20-46)47-21-11-5-12-22-47/h4-39,44,61,63,66H,3,40-43H2,1-2H3,(H2-,70,71,72,78,80,81)/p+1/b74-60-/t61-,66-/m1/s1. The average Bonchev–Trinajstić information content (AvgIpc) is 0.942. The number of pyridine rings is 2. The SMILES string of the molecule is CC[n+]1ccc(SCC2=C(C(=O)O)N3C(=O)[C@@H](NC(=O)/C(=N\OCc4cc(-c5cc(OC(c6ccccc6)c6ccccc6)c(OCc6ccc(OC)cc6)c[n+]5[O-])no4)c4csc(NC(c5ccccc5)(c5ccccc5)c5ccccc5)n4)[C@H]3SC2)cc1. The number of carboxylic acid groups (broad SMARTS) is 1. The summed E-state index contributed by atoms with van der Waals surface area (Å²) in [6, 6.07) is 62.5. The van der Waals surface area contributed by atoms with Crippen LogP contribution in [0.4, 0.5) is 5.13 Å². The maximum Gasteiger partial charge on any atom is 0.352 e. The largest absolute Gasteiger partial charge is 0.618 e. The highest BCUT2D eigenvalue weighted by Gasteiger charge is 2.54. The number of thioether (sulfide) groups is 2. The highest BCUT2D eigenvalue weighted by Crippen LogP contribution is 2.44. The van der Waals surface area contributed by atoms with E-state index in [2.05, 4.69) is 20.9 Å². The van der Waals surface area contributed by atoms with Crippen LogP contribution in [0.1, 0.15) is 57.9 Å². The molecule has 0 bridgehead atoms. The first-order valence-corrected chi connectivity index (χ1v) is 31.7. The molecule has 12 rings (SSSR count). The molecule has 90 heavy (non-hydrogen) atoms. The maximum absolute atomic E-state index is 14.9. The third-order valence-corrected chi connectivity index (χ3v) is 18.4. The van der Waals surface area contributed by atoms with Gasteiger partial charge in [-0.2, -0.15) is 4.73 Å². The van der Waals surface area contributed by atoms with Gasteiger partial charge in [0.2, 0.25) is 17.6 Å². The van der Waals surface area contributed by atoms with Crippen LogP contribution >= 0.6 is 34.9 Å². The topological polar surface area (TPSA) is 218 Å². The summed E-state index contributed by atoms with van der Waals surface area (Å²) in [4.78, 5) is 55.1. The summed E-state index contributed by atoms with van der Waals surface area (Å²) in [5, 5.41) is 41.2. The Labute approximate surface area is 531 Å². The number of nitrogens with zero attached hydrogens (tertiary/aromatic N) is 6. The molecule has 2 amide bonds. The van der Waals surface area contributed by atoms with Crippen LogP contribution in [0.2, 0.25) is 0 Å². The molecule has 0 radical (unpaired) electrons. The molecule has 6 aromatic carbocycles. The van der Waals surface area contributed by atoms with E-state index in [4.69, 9.17) is 28.6 Å². The number of anilines is 1. The molecule has 2 atom stereocenters. The minimum atomic E-state index is -1.23. The van der Waals surface area contributed by atoms with Gasteiger partial charge in [0.25, 0.3) is 11.8 Å². The molecule has 0 unspecified atom stereocenters. The number of rotatable bonds is 25. The molecule has 18 nitrogen and oxygen atoms in total. The minimum absolute atomic E-state index is 0.0628. The van der Waals surface area contributed by atoms with E-state index in [9.17, 15) is 24.7 Å². The Morgan fingerprint density at radius 2 is 1.43 bits per heavy atom. The first kappa shape index (κ1) is 60.1. The molecule has 6 heterocycles. The molecule has 21 heteroatoms.